The van der Waals surface area contributed by atoms with E-state index >= 15 is 0 Å². The van der Waals surface area contributed by atoms with Gasteiger partial charge in [0.1, 0.15) is 6.54 Å². The number of methoxy groups -OCH3 is 1. The number of hydrogen-bond acceptors (Lipinski definition) is 4. The lowest BCUT2D eigenvalue weighted by molar-refractivity contribution is -0.130. The summed E-state index contributed by atoms with van der Waals surface area (Å²) in [6.45, 7) is 9.55. The van der Waals surface area contributed by atoms with Gasteiger partial charge < -0.3 is 24.6 Å². The second kappa shape index (κ2) is 14.0. The molecule has 30 heavy (non-hydrogen) atoms. The monoisotopic (exact) mass is 418 g/mol. The number of hydrogen-bond donors (Lipinski definition) is 1. The molecule has 2 rings (SSSR count). The van der Waals surface area contributed by atoms with Gasteiger partial charge in [0, 0.05) is 53.0 Å². The lowest BCUT2D eigenvalue weighted by Crippen LogP contribution is -2.47. The number of likely N-dealkylation sites (N-methyl/N-ethyl adjacent to an activating group) is 1. The predicted molar refractivity (Wildman–Crippen MR) is 121 cm³/mol. The Bertz CT molecular complexity index is 631. The zero-order valence-corrected chi connectivity index (χ0v) is 18.8. The van der Waals surface area contributed by atoms with Gasteiger partial charge >= 0.3 is 0 Å². The van der Waals surface area contributed by atoms with E-state index in [4.69, 9.17) is 9.47 Å². The Balaban J connectivity index is 1.85. The Kier molecular flexibility index (Phi) is 11.3. The SMILES string of the molecule is CCNC(=NCC(=O)N(CC)Cc1ccccc1)N1CCC(OCCCOC)CC1. The first kappa shape index (κ1) is 24.2. The molecule has 1 N–H and O–H groups in total. The van der Waals surface area contributed by atoms with Crippen LogP contribution in [0.5, 0.6) is 0 Å². The highest BCUT2D eigenvalue weighted by Crippen LogP contribution is 2.14. The number of benzene rings is 1. The number of amides is 1. The van der Waals surface area contributed by atoms with E-state index in [0.717, 1.165) is 63.6 Å². The minimum absolute atomic E-state index is 0.0492. The van der Waals surface area contributed by atoms with Crippen molar-refractivity contribution in [2.24, 2.45) is 4.99 Å². The standard InChI is InChI=1S/C23H38N4O3/c1-4-24-23(27-14-12-21(13-15-27)30-17-9-16-29-3)25-18-22(28)26(5-2)19-20-10-7-6-8-11-20/h6-8,10-11,21H,4-5,9,12-19H2,1-3H3,(H,24,25). The van der Waals surface area contributed by atoms with Gasteiger partial charge in [-0.25, -0.2) is 4.99 Å². The van der Waals surface area contributed by atoms with Crippen LogP contribution in [-0.2, 0) is 20.8 Å². The second-order valence-corrected chi connectivity index (χ2v) is 7.47. The molecule has 7 nitrogen and oxygen atoms in total. The van der Waals surface area contributed by atoms with E-state index in [1.165, 1.54) is 0 Å². The number of ether oxygens (including phenoxy) is 2. The van der Waals surface area contributed by atoms with Gasteiger partial charge in [-0.15, -0.1) is 0 Å². The largest absolute Gasteiger partial charge is 0.385 e. The van der Waals surface area contributed by atoms with Crippen molar-refractivity contribution in [2.75, 3.05) is 53.0 Å². The minimum Gasteiger partial charge on any atom is -0.385 e. The average molecular weight is 419 g/mol. The molecular formula is C23H38N4O3. The summed E-state index contributed by atoms with van der Waals surface area (Å²) in [5, 5.41) is 3.34. The third kappa shape index (κ3) is 8.32. The van der Waals surface area contributed by atoms with Gasteiger partial charge in [-0.3, -0.25) is 4.79 Å². The molecule has 0 spiro atoms. The van der Waals surface area contributed by atoms with Crippen LogP contribution in [0.25, 0.3) is 0 Å². The van der Waals surface area contributed by atoms with E-state index in [-0.39, 0.29) is 12.5 Å². The molecule has 0 aromatic heterocycles. The Morgan fingerprint density at radius 3 is 2.57 bits per heavy atom. The number of rotatable bonds is 11. The van der Waals surface area contributed by atoms with Gasteiger partial charge in [0.15, 0.2) is 5.96 Å². The van der Waals surface area contributed by atoms with E-state index in [0.29, 0.717) is 19.2 Å². The molecule has 0 bridgehead atoms. The fourth-order valence-electron chi connectivity index (χ4n) is 3.54. The van der Waals surface area contributed by atoms with Crippen LogP contribution >= 0.6 is 0 Å². The number of aliphatic imine (C=N–C) groups is 1. The Hall–Kier alpha value is -2.12. The summed E-state index contributed by atoms with van der Waals surface area (Å²) in [6, 6.07) is 10.1. The number of likely N-dealkylation sites (tertiary alicyclic amines) is 1. The van der Waals surface area contributed by atoms with E-state index in [1.54, 1.807) is 7.11 Å². The van der Waals surface area contributed by atoms with Crippen LogP contribution in [0.3, 0.4) is 0 Å². The minimum atomic E-state index is 0.0492. The number of piperidine rings is 1. The van der Waals surface area contributed by atoms with Crippen LogP contribution in [0.4, 0.5) is 0 Å². The van der Waals surface area contributed by atoms with Crippen LogP contribution in [-0.4, -0.2) is 80.8 Å². The fourth-order valence-corrected chi connectivity index (χ4v) is 3.54. The average Bonchev–Trinajstić information content (AvgIpc) is 2.79. The van der Waals surface area contributed by atoms with Crippen molar-refractivity contribution in [3.63, 3.8) is 0 Å². The lowest BCUT2D eigenvalue weighted by atomic mass is 10.1. The summed E-state index contributed by atoms with van der Waals surface area (Å²) in [6.07, 6.45) is 3.17. The summed E-state index contributed by atoms with van der Waals surface area (Å²) < 4.78 is 11.0. The number of carbonyl (C=O) groups excluding carboxylic acids is 1. The van der Waals surface area contributed by atoms with Crippen molar-refractivity contribution in [1.82, 2.24) is 15.1 Å². The van der Waals surface area contributed by atoms with Crippen LogP contribution in [0.1, 0.15) is 38.7 Å². The molecule has 1 aliphatic rings. The van der Waals surface area contributed by atoms with Crippen molar-refractivity contribution < 1.29 is 14.3 Å². The summed E-state index contributed by atoms with van der Waals surface area (Å²) in [7, 11) is 1.71. The summed E-state index contributed by atoms with van der Waals surface area (Å²) in [5.41, 5.74) is 1.14. The van der Waals surface area contributed by atoms with Crippen molar-refractivity contribution in [3.8, 4) is 0 Å². The number of guanidine groups is 1. The molecular weight excluding hydrogens is 380 g/mol. The molecule has 1 aromatic carbocycles. The first-order valence-corrected chi connectivity index (χ1v) is 11.1. The van der Waals surface area contributed by atoms with Crippen LogP contribution < -0.4 is 5.32 Å². The molecule has 1 fully saturated rings. The molecule has 0 unspecified atom stereocenters. The topological polar surface area (TPSA) is 66.4 Å². The van der Waals surface area contributed by atoms with E-state index < -0.39 is 0 Å². The lowest BCUT2D eigenvalue weighted by Gasteiger charge is -2.34. The van der Waals surface area contributed by atoms with E-state index in [1.807, 2.05) is 42.2 Å². The molecule has 168 valence electrons. The molecule has 1 amide bonds. The molecule has 1 heterocycles. The molecule has 0 saturated carbocycles. The van der Waals surface area contributed by atoms with E-state index in [9.17, 15) is 4.79 Å². The maximum atomic E-state index is 12.7. The van der Waals surface area contributed by atoms with Crippen molar-refractivity contribution in [3.05, 3.63) is 35.9 Å². The highest BCUT2D eigenvalue weighted by Gasteiger charge is 2.22. The molecule has 1 aliphatic heterocycles. The highest BCUT2D eigenvalue weighted by molar-refractivity contribution is 5.85. The first-order valence-electron chi connectivity index (χ1n) is 11.1. The van der Waals surface area contributed by atoms with Crippen LogP contribution in [0.15, 0.2) is 35.3 Å². The second-order valence-electron chi connectivity index (χ2n) is 7.47. The predicted octanol–water partition coefficient (Wildman–Crippen LogP) is 2.52. The maximum absolute atomic E-state index is 12.7. The summed E-state index contributed by atoms with van der Waals surface area (Å²) >= 11 is 0. The zero-order chi connectivity index (χ0) is 21.6. The third-order valence-corrected chi connectivity index (χ3v) is 5.24. The molecule has 0 aliphatic carbocycles. The Morgan fingerprint density at radius 2 is 1.93 bits per heavy atom. The van der Waals surface area contributed by atoms with Gasteiger partial charge in [-0.2, -0.15) is 0 Å². The van der Waals surface area contributed by atoms with Gasteiger partial charge in [-0.05, 0) is 38.7 Å². The van der Waals surface area contributed by atoms with Gasteiger partial charge in [-0.1, -0.05) is 30.3 Å². The van der Waals surface area contributed by atoms with Crippen LogP contribution in [0.2, 0.25) is 0 Å². The van der Waals surface area contributed by atoms with Gasteiger partial charge in [0.05, 0.1) is 6.10 Å². The van der Waals surface area contributed by atoms with E-state index in [2.05, 4.69) is 22.1 Å². The van der Waals surface area contributed by atoms with Crippen LogP contribution in [0, 0.1) is 0 Å². The summed E-state index contributed by atoms with van der Waals surface area (Å²) in [5.74, 6) is 0.868. The maximum Gasteiger partial charge on any atom is 0.244 e. The molecule has 0 radical (unpaired) electrons. The number of nitrogens with zero attached hydrogens (tertiary/aromatic N) is 3. The fraction of sp³-hybridized carbons (Fsp3) is 0.652. The molecule has 1 saturated heterocycles. The highest BCUT2D eigenvalue weighted by atomic mass is 16.5. The number of nitrogens with one attached hydrogen (secondary N) is 1. The van der Waals surface area contributed by atoms with Crippen molar-refractivity contribution in [1.29, 1.82) is 0 Å². The smallest absolute Gasteiger partial charge is 0.244 e. The zero-order valence-electron chi connectivity index (χ0n) is 18.8. The Labute approximate surface area is 181 Å². The molecule has 7 heteroatoms. The van der Waals surface area contributed by atoms with Crippen molar-refractivity contribution in [2.45, 2.75) is 45.8 Å². The van der Waals surface area contributed by atoms with Crippen molar-refractivity contribution >= 4 is 11.9 Å². The Morgan fingerprint density at radius 1 is 1.20 bits per heavy atom. The number of carbonyl (C=O) groups is 1. The van der Waals surface area contributed by atoms with Gasteiger partial charge in [0.25, 0.3) is 0 Å². The molecule has 0 atom stereocenters. The third-order valence-electron chi connectivity index (χ3n) is 5.24. The van der Waals surface area contributed by atoms with Gasteiger partial charge in [0.2, 0.25) is 5.91 Å². The summed E-state index contributed by atoms with van der Waals surface area (Å²) in [4.78, 5) is 21.5. The quantitative estimate of drug-likeness (QED) is 0.340. The normalized spacial score (nSPS) is 15.3. The molecule has 1 aromatic rings. The first-order chi connectivity index (χ1) is 14.7.